The van der Waals surface area contributed by atoms with Crippen molar-refractivity contribution in [2.45, 2.75) is 26.3 Å². The van der Waals surface area contributed by atoms with Gasteiger partial charge >= 0.3 is 0 Å². The van der Waals surface area contributed by atoms with Crippen molar-refractivity contribution in [3.8, 4) is 6.07 Å². The average molecular weight is 367 g/mol. The van der Waals surface area contributed by atoms with Crippen molar-refractivity contribution in [2.75, 3.05) is 0 Å². The van der Waals surface area contributed by atoms with Gasteiger partial charge in [-0.3, -0.25) is 4.79 Å². The van der Waals surface area contributed by atoms with Crippen LogP contribution in [0.1, 0.15) is 46.8 Å². The summed E-state index contributed by atoms with van der Waals surface area (Å²) in [5.74, 6) is -0.0483. The molecular weight excluding hydrogens is 346 g/mol. The summed E-state index contributed by atoms with van der Waals surface area (Å²) in [6.45, 7) is 4.87. The first-order chi connectivity index (χ1) is 13.5. The lowest BCUT2D eigenvalue weighted by Gasteiger charge is -2.11. The number of hydrogen-bond donors (Lipinski definition) is 1. The predicted octanol–water partition coefficient (Wildman–Crippen LogP) is 4.94. The summed E-state index contributed by atoms with van der Waals surface area (Å²) in [7, 11) is 0. The van der Waals surface area contributed by atoms with Gasteiger partial charge in [-0.25, -0.2) is 0 Å². The first-order valence-corrected chi connectivity index (χ1v) is 9.34. The molecule has 0 radical (unpaired) electrons. The Balaban J connectivity index is 2.07. The lowest BCUT2D eigenvalue weighted by molar-refractivity contribution is 0.100. The van der Waals surface area contributed by atoms with Crippen LogP contribution < -0.4 is 5.73 Å². The van der Waals surface area contributed by atoms with E-state index in [1.807, 2.05) is 36.4 Å². The Morgan fingerprint density at radius 3 is 2.57 bits per heavy atom. The average Bonchev–Trinajstić information content (AvgIpc) is 3.01. The van der Waals surface area contributed by atoms with Crippen LogP contribution in [0, 0.1) is 11.3 Å². The summed E-state index contributed by atoms with van der Waals surface area (Å²) >= 11 is 0. The minimum atomic E-state index is -0.435. The molecule has 0 aliphatic heterocycles. The van der Waals surface area contributed by atoms with Crippen LogP contribution in [0.3, 0.4) is 0 Å². The number of nitriles is 1. The Morgan fingerprint density at radius 2 is 1.86 bits per heavy atom. The molecule has 138 valence electrons. The zero-order chi connectivity index (χ0) is 19.8. The van der Waals surface area contributed by atoms with Crippen molar-refractivity contribution in [3.63, 3.8) is 0 Å². The van der Waals surface area contributed by atoms with Gasteiger partial charge in [0.2, 0.25) is 5.91 Å². The maximum absolute atomic E-state index is 12.1. The summed E-state index contributed by atoms with van der Waals surface area (Å²) in [5, 5.41) is 11.4. The molecule has 4 heteroatoms. The maximum atomic E-state index is 12.1. The predicted molar refractivity (Wildman–Crippen MR) is 112 cm³/mol. The number of nitrogens with zero attached hydrogens (tertiary/aromatic N) is 2. The monoisotopic (exact) mass is 367 g/mol. The molecule has 1 heterocycles. The maximum Gasteiger partial charge on any atom is 0.249 e. The zero-order valence-corrected chi connectivity index (χ0v) is 15.9. The van der Waals surface area contributed by atoms with Crippen molar-refractivity contribution in [3.05, 3.63) is 82.9 Å². The van der Waals surface area contributed by atoms with Crippen molar-refractivity contribution in [2.24, 2.45) is 5.73 Å². The van der Waals surface area contributed by atoms with E-state index in [0.29, 0.717) is 23.6 Å². The molecule has 4 nitrogen and oxygen atoms in total. The van der Waals surface area contributed by atoms with Crippen molar-refractivity contribution in [1.29, 1.82) is 5.26 Å². The van der Waals surface area contributed by atoms with E-state index in [1.54, 1.807) is 6.07 Å². The van der Waals surface area contributed by atoms with E-state index in [1.165, 1.54) is 5.56 Å². The third-order valence-electron chi connectivity index (χ3n) is 5.31. The van der Waals surface area contributed by atoms with E-state index in [9.17, 15) is 10.1 Å². The number of amides is 1. The molecule has 3 aromatic carbocycles. The summed E-state index contributed by atoms with van der Waals surface area (Å²) in [4.78, 5) is 12.1. The lowest BCUT2D eigenvalue weighted by Crippen LogP contribution is -2.11. The molecule has 0 unspecified atom stereocenters. The van der Waals surface area contributed by atoms with Crippen LogP contribution in [-0.2, 0) is 6.54 Å². The van der Waals surface area contributed by atoms with Gasteiger partial charge in [0.1, 0.15) is 0 Å². The van der Waals surface area contributed by atoms with Crippen molar-refractivity contribution < 1.29 is 4.79 Å². The summed E-state index contributed by atoms with van der Waals surface area (Å²) in [5.41, 5.74) is 11.0. The normalized spacial score (nSPS) is 11.2. The van der Waals surface area contributed by atoms with E-state index < -0.39 is 5.91 Å². The van der Waals surface area contributed by atoms with Crippen molar-refractivity contribution >= 4 is 27.7 Å². The zero-order valence-electron chi connectivity index (χ0n) is 15.9. The first kappa shape index (κ1) is 17.8. The quantitative estimate of drug-likeness (QED) is 0.555. The molecular formula is C24H21N3O. The molecule has 4 aromatic rings. The fourth-order valence-corrected chi connectivity index (χ4v) is 3.83. The Kier molecular flexibility index (Phi) is 4.37. The van der Waals surface area contributed by atoms with Gasteiger partial charge in [0.05, 0.1) is 17.1 Å². The van der Waals surface area contributed by atoms with Crippen LogP contribution >= 0.6 is 0 Å². The van der Waals surface area contributed by atoms with Gasteiger partial charge in [0, 0.05) is 28.4 Å². The summed E-state index contributed by atoms with van der Waals surface area (Å²) in [6, 6.07) is 21.9. The lowest BCUT2D eigenvalue weighted by atomic mass is 10.00. The molecule has 2 N–H and O–H groups in total. The second-order valence-corrected chi connectivity index (χ2v) is 7.35. The number of carbonyl (C=O) groups excluding carboxylic acids is 1. The second kappa shape index (κ2) is 6.86. The number of fused-ring (bicyclic) bond motifs is 3. The van der Waals surface area contributed by atoms with Crippen molar-refractivity contribution in [1.82, 2.24) is 4.57 Å². The van der Waals surface area contributed by atoms with Gasteiger partial charge in [-0.2, -0.15) is 5.26 Å². The van der Waals surface area contributed by atoms with E-state index in [2.05, 4.69) is 42.7 Å². The Bertz CT molecular complexity index is 1260. The number of benzene rings is 3. The topological polar surface area (TPSA) is 71.8 Å². The Morgan fingerprint density at radius 1 is 1.07 bits per heavy atom. The van der Waals surface area contributed by atoms with Crippen LogP contribution in [-0.4, -0.2) is 10.5 Å². The third kappa shape index (κ3) is 2.82. The fourth-order valence-electron chi connectivity index (χ4n) is 3.83. The molecule has 0 spiro atoms. The number of primary amides is 1. The molecule has 0 saturated heterocycles. The number of rotatable bonds is 4. The van der Waals surface area contributed by atoms with E-state index >= 15 is 0 Å². The number of nitrogens with two attached hydrogens (primary N) is 1. The summed E-state index contributed by atoms with van der Waals surface area (Å²) < 4.78 is 2.18. The highest BCUT2D eigenvalue weighted by molar-refractivity contribution is 6.18. The Hall–Kier alpha value is -3.58. The second-order valence-electron chi connectivity index (χ2n) is 7.35. The van der Waals surface area contributed by atoms with Gasteiger partial charge < -0.3 is 10.3 Å². The molecule has 0 fully saturated rings. The highest BCUT2D eigenvalue weighted by Gasteiger charge is 2.18. The first-order valence-electron chi connectivity index (χ1n) is 9.34. The van der Waals surface area contributed by atoms with E-state index in [-0.39, 0.29) is 0 Å². The van der Waals surface area contributed by atoms with Crippen LogP contribution in [0.2, 0.25) is 0 Å². The standard InChI is InChI=1S/C24H21N3O/c1-15(2)16-10-11-19-22(12-16)27(14-18-7-4-3-6-17(18)13-25)21-9-5-8-20(23(19)21)24(26)28/h3-12,15H,14H2,1-2H3,(H2,26,28). The highest BCUT2D eigenvalue weighted by atomic mass is 16.1. The van der Waals surface area contributed by atoms with Crippen LogP contribution in [0.4, 0.5) is 0 Å². The molecule has 4 rings (SSSR count). The minimum Gasteiger partial charge on any atom is -0.366 e. The number of aromatic nitrogens is 1. The van der Waals surface area contributed by atoms with Gasteiger partial charge in [-0.05, 0) is 41.3 Å². The molecule has 0 atom stereocenters. The Labute approximate surface area is 163 Å². The molecule has 0 bridgehead atoms. The molecule has 1 amide bonds. The molecule has 0 aliphatic carbocycles. The minimum absolute atomic E-state index is 0.387. The smallest absolute Gasteiger partial charge is 0.249 e. The van der Waals surface area contributed by atoms with E-state index in [0.717, 1.165) is 27.4 Å². The summed E-state index contributed by atoms with van der Waals surface area (Å²) in [6.07, 6.45) is 0. The molecule has 1 aromatic heterocycles. The van der Waals surface area contributed by atoms with Gasteiger partial charge in [0.25, 0.3) is 0 Å². The van der Waals surface area contributed by atoms with Crippen LogP contribution in [0.5, 0.6) is 0 Å². The van der Waals surface area contributed by atoms with Gasteiger partial charge in [-0.1, -0.05) is 50.2 Å². The third-order valence-corrected chi connectivity index (χ3v) is 5.31. The SMILES string of the molecule is CC(C)c1ccc2c3c(C(N)=O)cccc3n(Cc3ccccc3C#N)c2c1. The largest absolute Gasteiger partial charge is 0.366 e. The molecule has 0 saturated carbocycles. The fraction of sp³-hybridized carbons (Fsp3) is 0.167. The van der Waals surface area contributed by atoms with E-state index in [4.69, 9.17) is 5.73 Å². The van der Waals surface area contributed by atoms with Crippen LogP contribution in [0.25, 0.3) is 21.8 Å². The molecule has 28 heavy (non-hydrogen) atoms. The van der Waals surface area contributed by atoms with Gasteiger partial charge in [-0.15, -0.1) is 0 Å². The molecule has 0 aliphatic rings. The number of hydrogen-bond acceptors (Lipinski definition) is 2. The highest BCUT2D eigenvalue weighted by Crippen LogP contribution is 2.34. The number of carbonyl (C=O) groups is 1. The van der Waals surface area contributed by atoms with Gasteiger partial charge in [0.15, 0.2) is 0 Å². The van der Waals surface area contributed by atoms with Crippen LogP contribution in [0.15, 0.2) is 60.7 Å².